The molecule has 0 aromatic heterocycles. The number of ether oxygens (including phenoxy) is 5. The Morgan fingerprint density at radius 2 is 0.986 bits per heavy atom. The van der Waals surface area contributed by atoms with Crippen molar-refractivity contribution in [1.82, 2.24) is 0 Å². The van der Waals surface area contributed by atoms with Gasteiger partial charge in [0.15, 0.2) is 0 Å². The molecule has 366 valence electrons. The van der Waals surface area contributed by atoms with Gasteiger partial charge in [0.05, 0.1) is 39.4 Å². The largest absolute Gasteiger partial charge is 0.496 e. The van der Waals surface area contributed by atoms with Crippen LogP contribution in [0, 0.1) is 20.8 Å². The number of aromatic carboxylic acids is 2. The maximum Gasteiger partial charge on any atom is 0.335 e. The van der Waals surface area contributed by atoms with Crippen molar-refractivity contribution in [2.45, 2.75) is 30.6 Å². The number of carbonyl (C=O) groups is 2. The normalized spacial score (nSPS) is 11.1. The molecule has 0 spiro atoms. The second-order valence-electron chi connectivity index (χ2n) is 15.8. The lowest BCUT2D eigenvalue weighted by atomic mass is 10.1. The number of nitrogens with zero attached hydrogens (tertiary/aromatic N) is 1. The lowest BCUT2D eigenvalue weighted by Gasteiger charge is -2.18. The minimum absolute atomic E-state index is 0.152. The van der Waals surface area contributed by atoms with E-state index in [2.05, 4.69) is 9.44 Å². The first-order valence-corrected chi connectivity index (χ1v) is 24.6. The second kappa shape index (κ2) is 22.9. The summed E-state index contributed by atoms with van der Waals surface area (Å²) in [6.45, 7) is 5.97. The zero-order valence-electron chi connectivity index (χ0n) is 39.3. The Labute approximate surface area is 407 Å². The summed E-state index contributed by atoms with van der Waals surface area (Å²) in [6.07, 6.45) is 0. The number of rotatable bonds is 20. The minimum atomic E-state index is -3.92. The van der Waals surface area contributed by atoms with Crippen molar-refractivity contribution < 1.29 is 60.3 Å². The molecule has 0 amide bonds. The minimum Gasteiger partial charge on any atom is -0.496 e. The molecule has 16 nitrogen and oxygen atoms in total. The SMILES string of the molecule is CN(C)c1cccc2c(S(=O)(=O)Nc3ccccc3OCCOc3ccc(C(=O)O)cc3)cccc12.COc1cc(C)c(S(=O)(=O)Nc2ccccc2OCCOc2ccc(C(=O)O)cc2)c(C)c1C. The number of carboxylic acids is 2. The van der Waals surface area contributed by atoms with Crippen LogP contribution in [0.25, 0.3) is 10.8 Å². The Balaban J connectivity index is 0.000000230. The summed E-state index contributed by atoms with van der Waals surface area (Å²) in [5.74, 6) is 0.343. The molecule has 0 atom stereocenters. The van der Waals surface area contributed by atoms with Gasteiger partial charge in [0.2, 0.25) is 0 Å². The van der Waals surface area contributed by atoms with Gasteiger partial charge in [-0.3, -0.25) is 9.44 Å². The van der Waals surface area contributed by atoms with E-state index in [4.69, 9.17) is 33.9 Å². The monoisotopic (exact) mass is 991 g/mol. The Morgan fingerprint density at radius 3 is 1.47 bits per heavy atom. The van der Waals surface area contributed by atoms with E-state index in [9.17, 15) is 26.4 Å². The molecule has 4 N–H and O–H groups in total. The molecule has 0 unspecified atom stereocenters. The summed E-state index contributed by atoms with van der Waals surface area (Å²) >= 11 is 0. The van der Waals surface area contributed by atoms with Crippen LogP contribution in [0.4, 0.5) is 17.1 Å². The van der Waals surface area contributed by atoms with Crippen LogP contribution in [-0.4, -0.2) is 86.6 Å². The van der Waals surface area contributed by atoms with Gasteiger partial charge in [-0.05, 0) is 128 Å². The molecule has 0 aliphatic heterocycles. The number of nitrogens with one attached hydrogen (secondary N) is 2. The lowest BCUT2D eigenvalue weighted by Crippen LogP contribution is -2.18. The summed E-state index contributed by atoms with van der Waals surface area (Å²) in [6, 6.07) is 38.1. The molecule has 18 heteroatoms. The van der Waals surface area contributed by atoms with Crippen molar-refractivity contribution in [1.29, 1.82) is 0 Å². The van der Waals surface area contributed by atoms with E-state index in [1.165, 1.54) is 24.3 Å². The summed E-state index contributed by atoms with van der Waals surface area (Å²) < 4.78 is 86.7. The van der Waals surface area contributed by atoms with Crippen LogP contribution in [0.1, 0.15) is 37.4 Å². The first-order valence-electron chi connectivity index (χ1n) is 21.7. The number of fused-ring (bicyclic) bond motifs is 1. The van der Waals surface area contributed by atoms with Crippen molar-refractivity contribution in [2.75, 3.05) is 62.0 Å². The average molecular weight is 992 g/mol. The Kier molecular flexibility index (Phi) is 16.8. The molecular weight excluding hydrogens is 939 g/mol. The highest BCUT2D eigenvalue weighted by atomic mass is 32.2. The zero-order chi connectivity index (χ0) is 50.6. The Morgan fingerprint density at radius 1 is 0.529 bits per heavy atom. The van der Waals surface area contributed by atoms with Crippen LogP contribution in [0.2, 0.25) is 0 Å². The Hall–Kier alpha value is -7.96. The number of methoxy groups -OCH3 is 1. The van der Waals surface area contributed by atoms with Crippen molar-refractivity contribution in [3.63, 3.8) is 0 Å². The predicted molar refractivity (Wildman–Crippen MR) is 269 cm³/mol. The fraction of sp³-hybridized carbons (Fsp3) is 0.192. The van der Waals surface area contributed by atoms with E-state index in [-0.39, 0.29) is 47.3 Å². The number of para-hydroxylation sites is 4. The molecule has 0 heterocycles. The molecule has 7 aromatic carbocycles. The van der Waals surface area contributed by atoms with Crippen molar-refractivity contribution in [3.8, 4) is 28.7 Å². The first kappa shape index (κ1) is 51.4. The van der Waals surface area contributed by atoms with E-state index in [1.54, 1.807) is 118 Å². The van der Waals surface area contributed by atoms with Crippen LogP contribution >= 0.6 is 0 Å². The number of aryl methyl sites for hydroxylation is 1. The molecule has 0 saturated carbocycles. The molecule has 0 aliphatic carbocycles. The fourth-order valence-electron chi connectivity index (χ4n) is 7.29. The van der Waals surface area contributed by atoms with Gasteiger partial charge >= 0.3 is 11.9 Å². The molecule has 0 radical (unpaired) electrons. The summed E-state index contributed by atoms with van der Waals surface area (Å²) in [4.78, 5) is 24.2. The first-order chi connectivity index (χ1) is 33.4. The molecule has 7 aromatic rings. The van der Waals surface area contributed by atoms with Crippen LogP contribution in [-0.2, 0) is 20.0 Å². The van der Waals surface area contributed by atoms with Gasteiger partial charge in [0.1, 0.15) is 55.2 Å². The molecule has 0 bridgehead atoms. The van der Waals surface area contributed by atoms with Crippen LogP contribution in [0.15, 0.2) is 149 Å². The third kappa shape index (κ3) is 12.8. The third-order valence-electron chi connectivity index (χ3n) is 10.8. The van der Waals surface area contributed by atoms with Crippen molar-refractivity contribution in [3.05, 3.63) is 167 Å². The van der Waals surface area contributed by atoms with Gasteiger partial charge in [0.25, 0.3) is 20.0 Å². The van der Waals surface area contributed by atoms with Crippen LogP contribution < -0.4 is 38.0 Å². The second-order valence-corrected chi connectivity index (χ2v) is 19.0. The number of hydrogen-bond acceptors (Lipinski definition) is 12. The lowest BCUT2D eigenvalue weighted by molar-refractivity contribution is 0.0686. The van der Waals surface area contributed by atoms with E-state index < -0.39 is 32.0 Å². The van der Waals surface area contributed by atoms with E-state index in [0.29, 0.717) is 56.6 Å². The van der Waals surface area contributed by atoms with Gasteiger partial charge in [-0.25, -0.2) is 26.4 Å². The third-order valence-corrected chi connectivity index (χ3v) is 13.9. The molecule has 0 aliphatic rings. The van der Waals surface area contributed by atoms with Crippen molar-refractivity contribution >= 4 is 59.8 Å². The van der Waals surface area contributed by atoms with E-state index in [0.717, 1.165) is 16.6 Å². The van der Waals surface area contributed by atoms with E-state index >= 15 is 0 Å². The molecule has 7 rings (SSSR count). The standard InChI is InChI=1S/C27H26N2O6S.C25H27NO7S/c1-29(2)24-10-5-8-22-21(24)7-6-12-26(22)36(32,33)28-23-9-3-4-11-25(23)35-18-17-34-20-15-13-19(14-16-20)27(30)31;1-16-15-23(31-4)17(2)18(3)24(16)34(29,30)26-21-7-5-6-8-22(21)33-14-13-32-20-11-9-19(10-12-20)25(27)28/h3-16,28H,17-18H2,1-2H3,(H,30,31);5-12,15,26H,13-14H2,1-4H3,(H,27,28). The number of carboxylic acid groups (broad SMARTS) is 2. The molecule has 0 saturated heterocycles. The van der Waals surface area contributed by atoms with Crippen LogP contribution in [0.3, 0.4) is 0 Å². The summed E-state index contributed by atoms with van der Waals surface area (Å²) in [5.41, 5.74) is 3.83. The van der Waals surface area contributed by atoms with Gasteiger partial charge in [-0.1, -0.05) is 48.5 Å². The van der Waals surface area contributed by atoms with E-state index in [1.807, 2.05) is 44.1 Å². The smallest absolute Gasteiger partial charge is 0.335 e. The fourth-order valence-corrected chi connectivity index (χ4v) is 10.2. The quantitative estimate of drug-likeness (QED) is 0.0524. The molecular formula is C52H53N3O13S2. The molecule has 0 fully saturated rings. The number of sulfonamides is 2. The Bertz CT molecular complexity index is 3200. The highest BCUT2D eigenvalue weighted by Crippen LogP contribution is 2.35. The van der Waals surface area contributed by atoms with Gasteiger partial charge in [-0.15, -0.1) is 0 Å². The highest BCUT2D eigenvalue weighted by molar-refractivity contribution is 7.93. The predicted octanol–water partition coefficient (Wildman–Crippen LogP) is 9.44. The van der Waals surface area contributed by atoms with Crippen molar-refractivity contribution in [2.24, 2.45) is 0 Å². The topological polar surface area (TPSA) is 216 Å². The highest BCUT2D eigenvalue weighted by Gasteiger charge is 2.25. The maximum absolute atomic E-state index is 13.4. The zero-order valence-corrected chi connectivity index (χ0v) is 40.9. The van der Waals surface area contributed by atoms with Gasteiger partial charge in [-0.2, -0.15) is 0 Å². The van der Waals surface area contributed by atoms with Crippen LogP contribution in [0.5, 0.6) is 28.7 Å². The van der Waals surface area contributed by atoms with Gasteiger partial charge in [0, 0.05) is 30.6 Å². The van der Waals surface area contributed by atoms with Gasteiger partial charge < -0.3 is 38.8 Å². The molecule has 70 heavy (non-hydrogen) atoms. The summed E-state index contributed by atoms with van der Waals surface area (Å²) in [5, 5.41) is 19.4. The number of anilines is 3. The summed E-state index contributed by atoms with van der Waals surface area (Å²) in [7, 11) is -2.43. The maximum atomic E-state index is 13.4. The number of benzene rings is 7. The number of hydrogen-bond donors (Lipinski definition) is 4. The average Bonchev–Trinajstić information content (AvgIpc) is 3.33.